The number of thioether (sulfide) groups is 1. The third-order valence-electron chi connectivity index (χ3n) is 3.31. The van der Waals surface area contributed by atoms with Gasteiger partial charge in [0.05, 0.1) is 18.6 Å². The first-order valence-corrected chi connectivity index (χ1v) is 8.55. The van der Waals surface area contributed by atoms with Crippen LogP contribution in [0.4, 0.5) is 0 Å². The van der Waals surface area contributed by atoms with Crippen LogP contribution in [0, 0.1) is 0 Å². The standard InChI is InChI=1S/C16H15ClN4O2S/c1-21(9-13-3-2-8-23-13)14(22)10-24-16-18-15(19-20-16)11-4-6-12(17)7-5-11/h2-8H,9-10H2,1H3,(H,18,19,20). The summed E-state index contributed by atoms with van der Waals surface area (Å²) < 4.78 is 5.24. The Labute approximate surface area is 148 Å². The number of aromatic amines is 1. The van der Waals surface area contributed by atoms with Crippen molar-refractivity contribution in [1.29, 1.82) is 0 Å². The number of amides is 1. The molecule has 3 rings (SSSR count). The van der Waals surface area contributed by atoms with Crippen LogP contribution < -0.4 is 0 Å². The number of nitrogens with zero attached hydrogens (tertiary/aromatic N) is 3. The highest BCUT2D eigenvalue weighted by Crippen LogP contribution is 2.21. The summed E-state index contributed by atoms with van der Waals surface area (Å²) in [7, 11) is 1.74. The quantitative estimate of drug-likeness (QED) is 0.679. The molecular formula is C16H15ClN4O2S. The van der Waals surface area contributed by atoms with Crippen molar-refractivity contribution in [3.05, 3.63) is 53.4 Å². The molecule has 0 unspecified atom stereocenters. The minimum absolute atomic E-state index is 0.0192. The summed E-state index contributed by atoms with van der Waals surface area (Å²) in [6, 6.07) is 10.9. The molecule has 124 valence electrons. The molecule has 0 saturated heterocycles. The van der Waals surface area contributed by atoms with E-state index < -0.39 is 0 Å². The van der Waals surface area contributed by atoms with Gasteiger partial charge in [-0.05, 0) is 36.4 Å². The number of benzene rings is 1. The summed E-state index contributed by atoms with van der Waals surface area (Å²) in [5.41, 5.74) is 0.889. The maximum atomic E-state index is 12.1. The molecule has 0 saturated carbocycles. The smallest absolute Gasteiger partial charge is 0.233 e. The number of halogens is 1. The van der Waals surface area contributed by atoms with Gasteiger partial charge < -0.3 is 9.32 Å². The van der Waals surface area contributed by atoms with Crippen LogP contribution in [0.1, 0.15) is 5.76 Å². The van der Waals surface area contributed by atoms with Crippen molar-refractivity contribution in [3.63, 3.8) is 0 Å². The fraction of sp³-hybridized carbons (Fsp3) is 0.188. The monoisotopic (exact) mass is 362 g/mol. The number of carbonyl (C=O) groups is 1. The van der Waals surface area contributed by atoms with E-state index in [2.05, 4.69) is 15.2 Å². The van der Waals surface area contributed by atoms with Crippen LogP contribution in [-0.4, -0.2) is 38.8 Å². The highest BCUT2D eigenvalue weighted by atomic mass is 35.5. The predicted molar refractivity (Wildman–Crippen MR) is 92.7 cm³/mol. The molecule has 2 heterocycles. The Morgan fingerprint density at radius 1 is 1.33 bits per heavy atom. The van der Waals surface area contributed by atoms with E-state index in [0.29, 0.717) is 22.5 Å². The number of H-pyrrole nitrogens is 1. The predicted octanol–water partition coefficient (Wildman–Crippen LogP) is 3.47. The number of furan rings is 1. The lowest BCUT2D eigenvalue weighted by atomic mass is 10.2. The van der Waals surface area contributed by atoms with Crippen molar-refractivity contribution >= 4 is 29.3 Å². The zero-order valence-corrected chi connectivity index (χ0v) is 14.5. The van der Waals surface area contributed by atoms with Crippen molar-refractivity contribution in [1.82, 2.24) is 20.1 Å². The lowest BCUT2D eigenvalue weighted by molar-refractivity contribution is -0.127. The second-order valence-corrected chi connectivity index (χ2v) is 6.47. The van der Waals surface area contributed by atoms with E-state index >= 15 is 0 Å². The third kappa shape index (κ3) is 4.18. The number of nitrogens with one attached hydrogen (secondary N) is 1. The van der Waals surface area contributed by atoms with Crippen molar-refractivity contribution < 1.29 is 9.21 Å². The fourth-order valence-electron chi connectivity index (χ4n) is 2.01. The Balaban J connectivity index is 1.55. The van der Waals surface area contributed by atoms with Gasteiger partial charge >= 0.3 is 0 Å². The van der Waals surface area contributed by atoms with E-state index in [-0.39, 0.29) is 11.7 Å². The second kappa shape index (κ2) is 7.55. The molecule has 0 aliphatic rings. The summed E-state index contributed by atoms with van der Waals surface area (Å²) >= 11 is 7.16. The number of aromatic nitrogens is 3. The van der Waals surface area contributed by atoms with E-state index in [9.17, 15) is 4.79 Å². The Kier molecular flexibility index (Phi) is 5.22. The van der Waals surface area contributed by atoms with Gasteiger partial charge in [-0.1, -0.05) is 23.4 Å². The van der Waals surface area contributed by atoms with Gasteiger partial charge in [0, 0.05) is 17.6 Å². The first kappa shape index (κ1) is 16.6. The lowest BCUT2D eigenvalue weighted by Gasteiger charge is -2.14. The van der Waals surface area contributed by atoms with Gasteiger partial charge in [0.1, 0.15) is 5.76 Å². The van der Waals surface area contributed by atoms with Crippen LogP contribution in [0.5, 0.6) is 0 Å². The molecule has 1 amide bonds. The topological polar surface area (TPSA) is 75.0 Å². The first-order valence-electron chi connectivity index (χ1n) is 7.19. The van der Waals surface area contributed by atoms with E-state index in [1.54, 1.807) is 36.4 Å². The molecule has 24 heavy (non-hydrogen) atoms. The van der Waals surface area contributed by atoms with Crippen LogP contribution in [-0.2, 0) is 11.3 Å². The normalized spacial score (nSPS) is 10.8. The first-order chi connectivity index (χ1) is 11.6. The maximum Gasteiger partial charge on any atom is 0.233 e. The minimum Gasteiger partial charge on any atom is -0.467 e. The van der Waals surface area contributed by atoms with Crippen LogP contribution in [0.15, 0.2) is 52.2 Å². The summed E-state index contributed by atoms with van der Waals surface area (Å²) in [5, 5.41) is 8.18. The van der Waals surface area contributed by atoms with E-state index in [0.717, 1.165) is 11.3 Å². The number of hydrogen-bond donors (Lipinski definition) is 1. The molecule has 6 nitrogen and oxygen atoms in total. The van der Waals surface area contributed by atoms with Gasteiger partial charge in [-0.15, -0.1) is 5.10 Å². The molecule has 0 aliphatic heterocycles. The molecule has 0 fully saturated rings. The van der Waals surface area contributed by atoms with Crippen molar-refractivity contribution in [2.75, 3.05) is 12.8 Å². The molecule has 8 heteroatoms. The highest BCUT2D eigenvalue weighted by molar-refractivity contribution is 7.99. The van der Waals surface area contributed by atoms with Gasteiger partial charge in [0.15, 0.2) is 5.82 Å². The van der Waals surface area contributed by atoms with Crippen molar-refractivity contribution in [2.45, 2.75) is 11.7 Å². The molecule has 2 aromatic heterocycles. The maximum absolute atomic E-state index is 12.1. The molecular weight excluding hydrogens is 348 g/mol. The van der Waals surface area contributed by atoms with Gasteiger partial charge in [-0.2, -0.15) is 0 Å². The van der Waals surface area contributed by atoms with Crippen LogP contribution >= 0.6 is 23.4 Å². The number of carbonyl (C=O) groups excluding carboxylic acids is 1. The van der Waals surface area contributed by atoms with Crippen molar-refractivity contribution in [3.8, 4) is 11.4 Å². The summed E-state index contributed by atoms with van der Waals surface area (Å²) in [5.74, 6) is 1.63. The summed E-state index contributed by atoms with van der Waals surface area (Å²) in [6.07, 6.45) is 1.59. The Hall–Kier alpha value is -2.25. The minimum atomic E-state index is -0.0192. The highest BCUT2D eigenvalue weighted by Gasteiger charge is 2.13. The molecule has 3 aromatic rings. The van der Waals surface area contributed by atoms with E-state index in [1.807, 2.05) is 18.2 Å². The van der Waals surface area contributed by atoms with Gasteiger partial charge in [0.25, 0.3) is 0 Å². The van der Waals surface area contributed by atoms with Crippen LogP contribution in [0.3, 0.4) is 0 Å². The van der Waals surface area contributed by atoms with Crippen LogP contribution in [0.2, 0.25) is 5.02 Å². The molecule has 1 aromatic carbocycles. The molecule has 0 aliphatic carbocycles. The van der Waals surface area contributed by atoms with Crippen molar-refractivity contribution in [2.24, 2.45) is 0 Å². The van der Waals surface area contributed by atoms with Crippen LogP contribution in [0.25, 0.3) is 11.4 Å². The average molecular weight is 363 g/mol. The Morgan fingerprint density at radius 2 is 2.12 bits per heavy atom. The number of hydrogen-bond acceptors (Lipinski definition) is 5. The zero-order valence-electron chi connectivity index (χ0n) is 12.9. The third-order valence-corrected chi connectivity index (χ3v) is 4.39. The largest absolute Gasteiger partial charge is 0.467 e. The molecule has 1 N–H and O–H groups in total. The Bertz CT molecular complexity index is 802. The molecule has 0 bridgehead atoms. The van der Waals surface area contributed by atoms with Gasteiger partial charge in [-0.25, -0.2) is 4.98 Å². The second-order valence-electron chi connectivity index (χ2n) is 5.09. The lowest BCUT2D eigenvalue weighted by Crippen LogP contribution is -2.27. The van der Waals surface area contributed by atoms with E-state index in [4.69, 9.17) is 16.0 Å². The van der Waals surface area contributed by atoms with E-state index in [1.165, 1.54) is 11.8 Å². The van der Waals surface area contributed by atoms with Gasteiger partial charge in [-0.3, -0.25) is 9.89 Å². The molecule has 0 radical (unpaired) electrons. The summed E-state index contributed by atoms with van der Waals surface area (Å²) in [6.45, 7) is 0.441. The fourth-order valence-corrected chi connectivity index (χ4v) is 2.87. The summed E-state index contributed by atoms with van der Waals surface area (Å²) in [4.78, 5) is 18.1. The Morgan fingerprint density at radius 3 is 2.83 bits per heavy atom. The molecule has 0 atom stereocenters. The average Bonchev–Trinajstić information content (AvgIpc) is 3.25. The van der Waals surface area contributed by atoms with Gasteiger partial charge in [0.2, 0.25) is 11.1 Å². The molecule has 0 spiro atoms. The number of rotatable bonds is 6. The SMILES string of the molecule is CN(Cc1ccco1)C(=O)CSc1n[nH]c(-c2ccc(Cl)cc2)n1. The zero-order chi connectivity index (χ0) is 16.9.